The van der Waals surface area contributed by atoms with Gasteiger partial charge in [-0.15, -0.1) is 0 Å². The van der Waals surface area contributed by atoms with Gasteiger partial charge in [-0.3, -0.25) is 4.79 Å². The number of carbonyl (C=O) groups excluding carboxylic acids is 1. The van der Waals surface area contributed by atoms with E-state index in [1.54, 1.807) is 19.4 Å². The fraction of sp³-hybridized carbons (Fsp3) is 0.0909. The first kappa shape index (κ1) is 11.2. The summed E-state index contributed by atoms with van der Waals surface area (Å²) >= 11 is 0. The van der Waals surface area contributed by atoms with Crippen LogP contribution >= 0.6 is 0 Å². The molecule has 0 spiro atoms. The number of aromatic nitrogens is 5. The molecule has 0 saturated carbocycles. The van der Waals surface area contributed by atoms with Crippen LogP contribution in [0.5, 0.6) is 0 Å². The summed E-state index contributed by atoms with van der Waals surface area (Å²) in [5, 5.41) is 7.04. The minimum Gasteiger partial charge on any atom is -0.372 e. The Morgan fingerprint density at radius 1 is 1.42 bits per heavy atom. The molecule has 3 N–H and O–H groups in total. The van der Waals surface area contributed by atoms with E-state index in [9.17, 15) is 4.79 Å². The summed E-state index contributed by atoms with van der Waals surface area (Å²) in [5.74, 6) is 0.649. The van der Waals surface area contributed by atoms with E-state index in [-0.39, 0.29) is 0 Å². The number of hydrogen-bond donors (Lipinski definition) is 2. The van der Waals surface area contributed by atoms with Crippen molar-refractivity contribution >= 4 is 17.4 Å². The number of imidazole rings is 1. The number of rotatable bonds is 3. The van der Waals surface area contributed by atoms with Crippen molar-refractivity contribution in [1.29, 1.82) is 0 Å². The van der Waals surface area contributed by atoms with Gasteiger partial charge in [-0.05, 0) is 0 Å². The normalized spacial score (nSPS) is 10.8. The van der Waals surface area contributed by atoms with Gasteiger partial charge in [-0.1, -0.05) is 0 Å². The maximum absolute atomic E-state index is 11.1. The molecule has 0 aliphatic rings. The molecule has 0 unspecified atom stereocenters. The maximum Gasteiger partial charge on any atom is 0.251 e. The van der Waals surface area contributed by atoms with Crippen LogP contribution in [0.25, 0.3) is 11.5 Å². The molecule has 0 aliphatic heterocycles. The van der Waals surface area contributed by atoms with Gasteiger partial charge >= 0.3 is 0 Å². The second kappa shape index (κ2) is 4.09. The first-order valence-electron chi connectivity index (χ1n) is 5.55. The highest BCUT2D eigenvalue weighted by Gasteiger charge is 2.12. The zero-order valence-corrected chi connectivity index (χ0v) is 10.1. The zero-order valence-electron chi connectivity index (χ0n) is 10.1. The van der Waals surface area contributed by atoms with Gasteiger partial charge < -0.3 is 15.5 Å². The van der Waals surface area contributed by atoms with E-state index in [2.05, 4.69) is 20.4 Å². The SMILES string of the molecule is CNc1cn2ccnc2c(-n2cc(C(N)=O)cn2)n1. The number of nitrogens with zero attached hydrogens (tertiary/aromatic N) is 5. The van der Waals surface area contributed by atoms with E-state index >= 15 is 0 Å². The fourth-order valence-corrected chi connectivity index (χ4v) is 1.76. The van der Waals surface area contributed by atoms with Crippen LogP contribution in [0.1, 0.15) is 10.4 Å². The molecule has 0 aliphatic carbocycles. The number of primary amides is 1. The molecule has 0 saturated heterocycles. The molecule has 0 bridgehead atoms. The minimum atomic E-state index is -0.532. The van der Waals surface area contributed by atoms with E-state index in [0.29, 0.717) is 22.8 Å². The predicted molar refractivity (Wildman–Crippen MR) is 68.2 cm³/mol. The van der Waals surface area contributed by atoms with Gasteiger partial charge in [-0.2, -0.15) is 5.10 Å². The van der Waals surface area contributed by atoms with Gasteiger partial charge in [0.2, 0.25) is 0 Å². The Labute approximate surface area is 107 Å². The van der Waals surface area contributed by atoms with E-state index in [4.69, 9.17) is 5.73 Å². The van der Waals surface area contributed by atoms with Crippen LogP contribution in [-0.2, 0) is 0 Å². The number of nitrogens with one attached hydrogen (secondary N) is 1. The zero-order chi connectivity index (χ0) is 13.4. The summed E-state index contributed by atoms with van der Waals surface area (Å²) in [6.07, 6.45) is 8.21. The second-order valence-electron chi connectivity index (χ2n) is 3.90. The molecule has 19 heavy (non-hydrogen) atoms. The Kier molecular flexibility index (Phi) is 2.41. The van der Waals surface area contributed by atoms with Gasteiger partial charge in [-0.25, -0.2) is 14.6 Å². The predicted octanol–water partition coefficient (Wildman–Crippen LogP) is 0.0556. The topological polar surface area (TPSA) is 103 Å². The molecule has 0 radical (unpaired) electrons. The molecule has 0 fully saturated rings. The Balaban J connectivity index is 2.21. The van der Waals surface area contributed by atoms with Crippen molar-refractivity contribution in [1.82, 2.24) is 24.1 Å². The molecule has 8 heteroatoms. The average molecular weight is 257 g/mol. The number of hydrogen-bond acceptors (Lipinski definition) is 5. The highest BCUT2D eigenvalue weighted by atomic mass is 16.1. The van der Waals surface area contributed by atoms with Gasteiger partial charge in [0.25, 0.3) is 5.91 Å². The molecule has 8 nitrogen and oxygen atoms in total. The van der Waals surface area contributed by atoms with Crippen molar-refractivity contribution in [3.63, 3.8) is 0 Å². The highest BCUT2D eigenvalue weighted by molar-refractivity contribution is 5.92. The first-order chi connectivity index (χ1) is 9.19. The quantitative estimate of drug-likeness (QED) is 0.690. The summed E-state index contributed by atoms with van der Waals surface area (Å²) < 4.78 is 3.29. The van der Waals surface area contributed by atoms with Crippen LogP contribution in [0.4, 0.5) is 5.82 Å². The van der Waals surface area contributed by atoms with Gasteiger partial charge in [0.1, 0.15) is 5.82 Å². The number of fused-ring (bicyclic) bond motifs is 1. The third-order valence-electron chi connectivity index (χ3n) is 2.70. The number of anilines is 1. The third kappa shape index (κ3) is 1.79. The first-order valence-corrected chi connectivity index (χ1v) is 5.55. The summed E-state index contributed by atoms with van der Waals surface area (Å²) in [5.41, 5.74) is 6.17. The van der Waals surface area contributed by atoms with Crippen molar-refractivity contribution in [2.45, 2.75) is 0 Å². The average Bonchev–Trinajstić information content (AvgIpc) is 3.06. The summed E-state index contributed by atoms with van der Waals surface area (Å²) in [4.78, 5) is 19.7. The van der Waals surface area contributed by atoms with Crippen LogP contribution < -0.4 is 11.1 Å². The van der Waals surface area contributed by atoms with E-state index in [1.807, 2.05) is 10.6 Å². The van der Waals surface area contributed by atoms with Crippen molar-refractivity contribution in [3.8, 4) is 5.82 Å². The van der Waals surface area contributed by atoms with Gasteiger partial charge in [0.15, 0.2) is 11.5 Å². The van der Waals surface area contributed by atoms with Crippen LogP contribution in [0.3, 0.4) is 0 Å². The van der Waals surface area contributed by atoms with E-state index < -0.39 is 5.91 Å². The number of carbonyl (C=O) groups is 1. The standard InChI is InChI=1S/C11H11N7O/c1-13-8-6-17-3-2-14-10(17)11(16-8)18-5-7(4-15-18)9(12)19/h2-6,13H,1H3,(H2,12,19). The smallest absolute Gasteiger partial charge is 0.251 e. The van der Waals surface area contributed by atoms with Crippen molar-refractivity contribution in [3.05, 3.63) is 36.5 Å². The van der Waals surface area contributed by atoms with E-state index in [0.717, 1.165) is 0 Å². The van der Waals surface area contributed by atoms with E-state index in [1.165, 1.54) is 17.1 Å². The monoisotopic (exact) mass is 257 g/mol. The Morgan fingerprint density at radius 3 is 2.95 bits per heavy atom. The Hall–Kier alpha value is -2.90. The van der Waals surface area contributed by atoms with Crippen molar-refractivity contribution in [2.75, 3.05) is 12.4 Å². The van der Waals surface area contributed by atoms with Crippen LogP contribution in [0.2, 0.25) is 0 Å². The molecule has 3 aromatic heterocycles. The number of amides is 1. The molecule has 3 heterocycles. The fourth-order valence-electron chi connectivity index (χ4n) is 1.76. The van der Waals surface area contributed by atoms with Crippen LogP contribution in [0.15, 0.2) is 31.0 Å². The largest absolute Gasteiger partial charge is 0.372 e. The Bertz CT molecular complexity index is 757. The molecule has 1 amide bonds. The molecule has 0 atom stereocenters. The minimum absolute atomic E-state index is 0.321. The molecule has 3 aromatic rings. The molecular formula is C11H11N7O. The van der Waals surface area contributed by atoms with Gasteiger partial charge in [0.05, 0.1) is 18.0 Å². The molecule has 0 aromatic carbocycles. The lowest BCUT2D eigenvalue weighted by molar-refractivity contribution is 0.100. The summed E-state index contributed by atoms with van der Waals surface area (Å²) in [7, 11) is 1.77. The molecule has 3 rings (SSSR count). The molecular weight excluding hydrogens is 246 g/mol. The lowest BCUT2D eigenvalue weighted by atomic mass is 10.3. The lowest BCUT2D eigenvalue weighted by Gasteiger charge is -2.06. The third-order valence-corrected chi connectivity index (χ3v) is 2.70. The highest BCUT2D eigenvalue weighted by Crippen LogP contribution is 2.15. The van der Waals surface area contributed by atoms with Crippen molar-refractivity contribution in [2.24, 2.45) is 5.73 Å². The lowest BCUT2D eigenvalue weighted by Crippen LogP contribution is -2.10. The van der Waals surface area contributed by atoms with Crippen LogP contribution in [0, 0.1) is 0 Å². The summed E-state index contributed by atoms with van der Waals surface area (Å²) in [6.45, 7) is 0. The Morgan fingerprint density at radius 2 is 2.26 bits per heavy atom. The summed E-state index contributed by atoms with van der Waals surface area (Å²) in [6, 6.07) is 0. The number of nitrogens with two attached hydrogens (primary N) is 1. The van der Waals surface area contributed by atoms with Crippen molar-refractivity contribution < 1.29 is 4.79 Å². The second-order valence-corrected chi connectivity index (χ2v) is 3.90. The molecule has 96 valence electrons. The van der Waals surface area contributed by atoms with Crippen LogP contribution in [-0.4, -0.2) is 37.1 Å². The maximum atomic E-state index is 11.1. The van der Waals surface area contributed by atoms with Gasteiger partial charge in [0, 0.05) is 25.6 Å².